The van der Waals surface area contributed by atoms with Gasteiger partial charge in [0.05, 0.1) is 0 Å². The van der Waals surface area contributed by atoms with E-state index < -0.39 is 0 Å². The molecule has 0 aromatic heterocycles. The van der Waals surface area contributed by atoms with Crippen molar-refractivity contribution in [2.24, 2.45) is 23.7 Å². The second-order valence-electron chi connectivity index (χ2n) is 13.4. The molecule has 0 radical (unpaired) electrons. The fourth-order valence-corrected chi connectivity index (χ4v) is 7.48. The molecule has 6 nitrogen and oxygen atoms in total. The van der Waals surface area contributed by atoms with Crippen LogP contribution in [0.15, 0.2) is 40.5 Å². The second-order valence-corrected chi connectivity index (χ2v) is 13.4. The van der Waals surface area contributed by atoms with Gasteiger partial charge in [-0.1, -0.05) is 18.2 Å². The zero-order chi connectivity index (χ0) is 29.4. The highest BCUT2D eigenvalue weighted by molar-refractivity contribution is 6.19. The van der Waals surface area contributed by atoms with Crippen LogP contribution in [0.3, 0.4) is 0 Å². The Balaban J connectivity index is 1.05. The number of amides is 4. The zero-order valence-corrected chi connectivity index (χ0v) is 25.6. The fourth-order valence-electron chi connectivity index (χ4n) is 7.48. The van der Waals surface area contributed by atoms with Gasteiger partial charge < -0.3 is 0 Å². The van der Waals surface area contributed by atoms with Crippen LogP contribution in [0.4, 0.5) is 0 Å². The van der Waals surface area contributed by atoms with Gasteiger partial charge in [-0.25, -0.2) is 0 Å². The van der Waals surface area contributed by atoms with E-state index in [1.165, 1.54) is 26.5 Å². The Labute approximate surface area is 245 Å². The van der Waals surface area contributed by atoms with E-state index in [4.69, 9.17) is 0 Å². The molecule has 220 valence electrons. The van der Waals surface area contributed by atoms with Crippen LogP contribution in [-0.2, 0) is 32.0 Å². The Morgan fingerprint density at radius 2 is 0.902 bits per heavy atom. The largest absolute Gasteiger partial charge is 0.275 e. The molecule has 2 fully saturated rings. The molecule has 2 saturated carbocycles. The van der Waals surface area contributed by atoms with E-state index in [-0.39, 0.29) is 23.6 Å². The van der Waals surface area contributed by atoms with E-state index >= 15 is 0 Å². The molecular formula is C35H46N2O4. The molecule has 2 aliphatic heterocycles. The first-order valence-electron chi connectivity index (χ1n) is 15.7. The van der Waals surface area contributed by atoms with E-state index in [1.54, 1.807) is 27.7 Å². The Morgan fingerprint density at radius 3 is 1.29 bits per heavy atom. The van der Waals surface area contributed by atoms with E-state index in [2.05, 4.69) is 25.1 Å². The first-order valence-corrected chi connectivity index (χ1v) is 15.7. The van der Waals surface area contributed by atoms with Gasteiger partial charge in [0.2, 0.25) is 0 Å². The van der Waals surface area contributed by atoms with E-state index in [1.807, 2.05) is 0 Å². The summed E-state index contributed by atoms with van der Waals surface area (Å²) in [5.74, 6) is 1.75. The minimum atomic E-state index is -0.101. The van der Waals surface area contributed by atoms with Crippen LogP contribution in [0.5, 0.6) is 0 Å². The van der Waals surface area contributed by atoms with Gasteiger partial charge in [0.15, 0.2) is 0 Å². The molecular weight excluding hydrogens is 512 g/mol. The summed E-state index contributed by atoms with van der Waals surface area (Å²) in [4.78, 5) is 52.7. The van der Waals surface area contributed by atoms with Gasteiger partial charge in [-0.15, -0.1) is 0 Å². The number of carbonyl (C=O) groups is 4. The predicted molar refractivity (Wildman–Crippen MR) is 160 cm³/mol. The number of rotatable bonds is 8. The van der Waals surface area contributed by atoms with Gasteiger partial charge in [-0.05, 0) is 139 Å². The molecule has 2 aliphatic carbocycles. The highest BCUT2D eigenvalue weighted by Gasteiger charge is 2.37. The number of carbonyl (C=O) groups excluding carboxylic acids is 4. The minimum Gasteiger partial charge on any atom is -0.275 e. The van der Waals surface area contributed by atoms with Crippen LogP contribution in [0.25, 0.3) is 0 Å². The van der Waals surface area contributed by atoms with Gasteiger partial charge in [-0.3, -0.25) is 29.0 Å². The molecule has 0 saturated heterocycles. The summed E-state index contributed by atoms with van der Waals surface area (Å²) < 4.78 is 0. The lowest BCUT2D eigenvalue weighted by atomic mass is 9.77. The summed E-state index contributed by atoms with van der Waals surface area (Å²) in [5, 5.41) is 0. The third kappa shape index (κ3) is 6.12. The molecule has 0 N–H and O–H groups in total. The average Bonchev–Trinajstić information content (AvgIpc) is 3.26. The molecule has 0 spiro atoms. The maximum atomic E-state index is 12.4. The van der Waals surface area contributed by atoms with Crippen LogP contribution in [-0.4, -0.2) is 46.5 Å². The van der Waals surface area contributed by atoms with Crippen LogP contribution in [0.2, 0.25) is 0 Å². The van der Waals surface area contributed by atoms with Crippen LogP contribution in [0, 0.1) is 30.6 Å². The van der Waals surface area contributed by atoms with Crippen molar-refractivity contribution in [2.75, 3.05) is 13.1 Å². The van der Waals surface area contributed by atoms with Crippen molar-refractivity contribution in [3.05, 3.63) is 57.2 Å². The molecule has 4 aliphatic rings. The molecule has 2 heterocycles. The number of hydrogen-bond acceptors (Lipinski definition) is 4. The molecule has 1 aromatic rings. The van der Waals surface area contributed by atoms with Crippen LogP contribution < -0.4 is 0 Å². The molecule has 0 atom stereocenters. The second kappa shape index (κ2) is 12.1. The highest BCUT2D eigenvalue weighted by atomic mass is 16.2. The number of hydrogen-bond donors (Lipinski definition) is 0. The Hall–Kier alpha value is -3.02. The Kier molecular flexibility index (Phi) is 8.68. The van der Waals surface area contributed by atoms with Crippen molar-refractivity contribution in [3.8, 4) is 0 Å². The van der Waals surface area contributed by atoms with Crippen molar-refractivity contribution in [1.82, 2.24) is 9.80 Å². The minimum absolute atomic E-state index is 0.101. The molecule has 41 heavy (non-hydrogen) atoms. The number of imide groups is 2. The summed E-state index contributed by atoms with van der Waals surface area (Å²) in [7, 11) is 0. The van der Waals surface area contributed by atoms with Crippen molar-refractivity contribution in [3.63, 3.8) is 0 Å². The molecule has 0 unspecified atom stereocenters. The SMILES string of the molecule is CC1=C(C)C(=O)N(CC2CCC(Cc3ccc(CC4CCC(CN5C(=O)C(C)=C(C)C5=O)CC4)c(C)c3)CC2)C1=O. The van der Waals surface area contributed by atoms with Crippen molar-refractivity contribution in [1.29, 1.82) is 0 Å². The normalized spacial score (nSPS) is 27.6. The summed E-state index contributed by atoms with van der Waals surface area (Å²) >= 11 is 0. The highest BCUT2D eigenvalue weighted by Crippen LogP contribution is 2.35. The van der Waals surface area contributed by atoms with E-state index in [9.17, 15) is 19.2 Å². The predicted octanol–water partition coefficient (Wildman–Crippen LogP) is 6.10. The van der Waals surface area contributed by atoms with Crippen LogP contribution >= 0.6 is 0 Å². The molecule has 0 bridgehead atoms. The van der Waals surface area contributed by atoms with E-state index in [0.29, 0.717) is 59.1 Å². The van der Waals surface area contributed by atoms with Gasteiger partial charge in [0.1, 0.15) is 0 Å². The number of nitrogens with zero attached hydrogens (tertiary/aromatic N) is 2. The van der Waals surface area contributed by atoms with Gasteiger partial charge in [0, 0.05) is 35.4 Å². The van der Waals surface area contributed by atoms with Gasteiger partial charge in [0.25, 0.3) is 23.6 Å². The monoisotopic (exact) mass is 558 g/mol. The quantitative estimate of drug-likeness (QED) is 0.361. The summed E-state index contributed by atoms with van der Waals surface area (Å²) in [6, 6.07) is 7.04. The van der Waals surface area contributed by atoms with Crippen molar-refractivity contribution >= 4 is 23.6 Å². The Bertz CT molecular complexity index is 1260. The molecule has 4 amide bonds. The lowest BCUT2D eigenvalue weighted by molar-refractivity contribution is -0.140. The van der Waals surface area contributed by atoms with E-state index in [0.717, 1.165) is 64.2 Å². The fraction of sp³-hybridized carbons (Fsp3) is 0.600. The van der Waals surface area contributed by atoms with Crippen LogP contribution in [0.1, 0.15) is 95.8 Å². The Morgan fingerprint density at radius 1 is 0.537 bits per heavy atom. The molecule has 6 heteroatoms. The third-order valence-corrected chi connectivity index (χ3v) is 10.6. The summed E-state index contributed by atoms with van der Waals surface area (Å²) in [6.45, 7) is 10.4. The maximum absolute atomic E-state index is 12.4. The number of benzene rings is 1. The van der Waals surface area contributed by atoms with Crippen molar-refractivity contribution < 1.29 is 19.2 Å². The third-order valence-electron chi connectivity index (χ3n) is 10.6. The number of aryl methyl sites for hydroxylation is 1. The lowest BCUT2D eigenvalue weighted by Crippen LogP contribution is -2.37. The smallest absolute Gasteiger partial charge is 0.256 e. The lowest BCUT2D eigenvalue weighted by Gasteiger charge is -2.31. The van der Waals surface area contributed by atoms with Gasteiger partial charge >= 0.3 is 0 Å². The maximum Gasteiger partial charge on any atom is 0.256 e. The molecule has 1 aromatic carbocycles. The summed E-state index contributed by atoms with van der Waals surface area (Å²) in [5.41, 5.74) is 6.65. The van der Waals surface area contributed by atoms with Crippen molar-refractivity contribution in [2.45, 2.75) is 98.8 Å². The summed E-state index contributed by atoms with van der Waals surface area (Å²) in [6.07, 6.45) is 11.1. The first kappa shape index (κ1) is 29.5. The first-order chi connectivity index (χ1) is 19.5. The topological polar surface area (TPSA) is 74.8 Å². The zero-order valence-electron chi connectivity index (χ0n) is 25.6. The molecule has 5 rings (SSSR count). The standard InChI is InChI=1S/C35H46N2O4/c1-21-16-30(17-26-6-10-28(11-7-26)19-36-32(38)22(2)23(3)33(36)39)14-15-31(21)18-27-8-12-29(13-9-27)20-37-34(40)24(4)25(5)35(37)41/h14-16,26-29H,6-13,17-20H2,1-5H3. The average molecular weight is 559 g/mol. The van der Waals surface area contributed by atoms with Gasteiger partial charge in [-0.2, -0.15) is 0 Å².